The lowest BCUT2D eigenvalue weighted by atomic mass is 10.0. The summed E-state index contributed by atoms with van der Waals surface area (Å²) in [4.78, 5) is 0.264. The van der Waals surface area contributed by atoms with Crippen molar-refractivity contribution in [2.24, 2.45) is 0 Å². The second kappa shape index (κ2) is 6.68. The van der Waals surface area contributed by atoms with E-state index >= 15 is 0 Å². The molecule has 1 heterocycles. The summed E-state index contributed by atoms with van der Waals surface area (Å²) in [5.41, 5.74) is -0.713. The molecule has 2 rings (SSSR count). The number of alkyl halides is 6. The van der Waals surface area contributed by atoms with Crippen molar-refractivity contribution in [1.29, 1.82) is 0 Å². The molecular formula is C14H11ClF5NOS. The monoisotopic (exact) mass is 371 g/mol. The van der Waals surface area contributed by atoms with Gasteiger partial charge in [0.2, 0.25) is 11.3 Å². The van der Waals surface area contributed by atoms with Crippen LogP contribution in [0, 0.1) is 13.8 Å². The molecule has 0 fully saturated rings. The third-order valence-corrected chi connectivity index (χ3v) is 4.34. The van der Waals surface area contributed by atoms with E-state index in [4.69, 9.17) is 11.6 Å². The number of hydrogen-bond donors (Lipinski definition) is 0. The number of hydrogen-bond acceptors (Lipinski definition) is 3. The number of nitrogens with zero attached hydrogens (tertiary/aromatic N) is 1. The van der Waals surface area contributed by atoms with E-state index in [0.29, 0.717) is 28.5 Å². The molecule has 9 heteroatoms. The third-order valence-electron chi connectivity index (χ3n) is 3.03. The fourth-order valence-corrected chi connectivity index (χ4v) is 2.81. The Hall–Kier alpha value is -1.28. The van der Waals surface area contributed by atoms with Gasteiger partial charge in [-0.3, -0.25) is 0 Å². The molecule has 2 aromatic rings. The van der Waals surface area contributed by atoms with E-state index in [0.717, 1.165) is 6.07 Å². The molecule has 23 heavy (non-hydrogen) atoms. The lowest BCUT2D eigenvalue weighted by Gasteiger charge is -2.12. The highest BCUT2D eigenvalue weighted by molar-refractivity contribution is 7.99. The molecule has 0 radical (unpaired) electrons. The van der Waals surface area contributed by atoms with Gasteiger partial charge in [-0.15, -0.1) is 0 Å². The first-order chi connectivity index (χ1) is 10.6. The fraction of sp³-hybridized carbons (Fsp3) is 0.357. The van der Waals surface area contributed by atoms with Crippen LogP contribution in [-0.2, 0) is 5.38 Å². The first kappa shape index (κ1) is 18.1. The Morgan fingerprint density at radius 2 is 1.78 bits per heavy atom. The van der Waals surface area contributed by atoms with Gasteiger partial charge in [0.1, 0.15) is 5.69 Å². The SMILES string of the molecule is Cc1cc(C)c(-c2cc(C(F)(F)Cl)on2)cc1SC(F)C(F)F. The predicted octanol–water partition coefficient (Wildman–Crippen LogP) is 5.90. The zero-order valence-electron chi connectivity index (χ0n) is 11.9. The van der Waals surface area contributed by atoms with Crippen molar-refractivity contribution in [2.45, 2.75) is 36.1 Å². The second-order valence-corrected chi connectivity index (χ2v) is 6.41. The van der Waals surface area contributed by atoms with Crippen LogP contribution >= 0.6 is 23.4 Å². The minimum absolute atomic E-state index is 0.0622. The van der Waals surface area contributed by atoms with E-state index in [2.05, 4.69) is 9.68 Å². The lowest BCUT2D eigenvalue weighted by molar-refractivity contribution is 0.0610. The van der Waals surface area contributed by atoms with Crippen LogP contribution in [0.15, 0.2) is 27.6 Å². The van der Waals surface area contributed by atoms with Crippen LogP contribution in [0.1, 0.15) is 16.9 Å². The number of aromatic nitrogens is 1. The Bertz CT molecular complexity index is 701. The van der Waals surface area contributed by atoms with Crippen LogP contribution in [0.25, 0.3) is 11.3 Å². The van der Waals surface area contributed by atoms with Crippen molar-refractivity contribution in [2.75, 3.05) is 0 Å². The molecule has 0 spiro atoms. The van der Waals surface area contributed by atoms with Gasteiger partial charge in [0.05, 0.1) is 0 Å². The highest BCUT2D eigenvalue weighted by atomic mass is 35.5. The average molecular weight is 372 g/mol. The molecule has 1 atom stereocenters. The third kappa shape index (κ3) is 4.17. The van der Waals surface area contributed by atoms with Crippen molar-refractivity contribution in [3.05, 3.63) is 35.1 Å². The number of benzene rings is 1. The quantitative estimate of drug-likeness (QED) is 0.372. The van der Waals surface area contributed by atoms with E-state index < -0.39 is 23.1 Å². The summed E-state index contributed by atoms with van der Waals surface area (Å²) in [6.07, 6.45) is -3.13. The molecule has 0 amide bonds. The molecule has 2 nitrogen and oxygen atoms in total. The Morgan fingerprint density at radius 3 is 2.30 bits per heavy atom. The van der Waals surface area contributed by atoms with Crippen LogP contribution in [0.2, 0.25) is 0 Å². The van der Waals surface area contributed by atoms with E-state index in [1.54, 1.807) is 19.9 Å². The predicted molar refractivity (Wildman–Crippen MR) is 77.9 cm³/mol. The standard InChI is InChI=1S/C14H11ClF5NOS/c1-6-3-7(2)10(23-13(18)12(16)17)4-8(6)9-5-11(22-21-9)14(15,19)20/h3-5,12-13H,1-2H3. The Labute approximate surface area is 138 Å². The van der Waals surface area contributed by atoms with Crippen LogP contribution in [0.3, 0.4) is 0 Å². The molecule has 0 saturated carbocycles. The van der Waals surface area contributed by atoms with E-state index in [9.17, 15) is 22.0 Å². The van der Waals surface area contributed by atoms with Crippen LogP contribution < -0.4 is 0 Å². The summed E-state index contributed by atoms with van der Waals surface area (Å²) in [5, 5.41) is -0.199. The summed E-state index contributed by atoms with van der Waals surface area (Å²) in [5.74, 6) is -0.834. The van der Waals surface area contributed by atoms with Gasteiger partial charge in [0.15, 0.2) is 0 Å². The summed E-state index contributed by atoms with van der Waals surface area (Å²) in [6.45, 7) is 3.32. The summed E-state index contributed by atoms with van der Waals surface area (Å²) in [7, 11) is 0. The molecule has 0 aliphatic rings. The number of thioether (sulfide) groups is 1. The summed E-state index contributed by atoms with van der Waals surface area (Å²) < 4.78 is 68.4. The topological polar surface area (TPSA) is 26.0 Å². The minimum atomic E-state index is -3.71. The molecule has 1 aromatic heterocycles. The zero-order chi connectivity index (χ0) is 17.4. The van der Waals surface area contributed by atoms with Gasteiger partial charge < -0.3 is 4.52 Å². The number of rotatable bonds is 5. The molecular weight excluding hydrogens is 361 g/mol. The zero-order valence-corrected chi connectivity index (χ0v) is 13.5. The van der Waals surface area contributed by atoms with E-state index in [-0.39, 0.29) is 10.6 Å². The Morgan fingerprint density at radius 1 is 1.13 bits per heavy atom. The van der Waals surface area contributed by atoms with E-state index in [1.165, 1.54) is 6.07 Å². The first-order valence-corrected chi connectivity index (χ1v) is 7.59. The first-order valence-electron chi connectivity index (χ1n) is 6.34. The van der Waals surface area contributed by atoms with Crippen molar-refractivity contribution in [1.82, 2.24) is 5.16 Å². The smallest absolute Gasteiger partial charge is 0.353 e. The van der Waals surface area contributed by atoms with Gasteiger partial charge in [0, 0.05) is 16.5 Å². The maximum Gasteiger partial charge on any atom is 0.382 e. The molecule has 0 aliphatic heterocycles. The maximum absolute atomic E-state index is 13.2. The molecule has 0 aliphatic carbocycles. The number of halogens is 6. The van der Waals surface area contributed by atoms with Gasteiger partial charge in [0.25, 0.3) is 6.43 Å². The maximum atomic E-state index is 13.2. The van der Waals surface area contributed by atoms with Crippen LogP contribution in [0.4, 0.5) is 22.0 Å². The van der Waals surface area contributed by atoms with Crippen molar-refractivity contribution < 1.29 is 26.5 Å². The van der Waals surface area contributed by atoms with Crippen LogP contribution in [-0.4, -0.2) is 17.1 Å². The van der Waals surface area contributed by atoms with Crippen molar-refractivity contribution in [3.8, 4) is 11.3 Å². The van der Waals surface area contributed by atoms with Gasteiger partial charge in [-0.2, -0.15) is 8.78 Å². The summed E-state index contributed by atoms with van der Waals surface area (Å²) in [6, 6.07) is 4.00. The molecule has 0 saturated heterocycles. The normalized spacial score (nSPS) is 13.6. The van der Waals surface area contributed by atoms with Gasteiger partial charge in [-0.1, -0.05) is 23.0 Å². The Balaban J connectivity index is 2.41. The van der Waals surface area contributed by atoms with Crippen LogP contribution in [0.5, 0.6) is 0 Å². The minimum Gasteiger partial charge on any atom is -0.353 e. The highest BCUT2D eigenvalue weighted by Gasteiger charge is 2.33. The lowest BCUT2D eigenvalue weighted by Crippen LogP contribution is -2.07. The fourth-order valence-electron chi connectivity index (χ4n) is 1.94. The summed E-state index contributed by atoms with van der Waals surface area (Å²) >= 11 is 5.21. The molecule has 1 aromatic carbocycles. The van der Waals surface area contributed by atoms with E-state index in [1.807, 2.05) is 0 Å². The molecule has 1 unspecified atom stereocenters. The molecule has 0 bridgehead atoms. The molecule has 126 valence electrons. The Kier molecular flexibility index (Phi) is 5.25. The van der Waals surface area contributed by atoms with Gasteiger partial charge >= 0.3 is 5.38 Å². The van der Waals surface area contributed by atoms with Crippen molar-refractivity contribution >= 4 is 23.4 Å². The van der Waals surface area contributed by atoms with Gasteiger partial charge in [-0.05, 0) is 42.6 Å². The molecule has 0 N–H and O–H groups in total. The average Bonchev–Trinajstić information content (AvgIpc) is 2.91. The van der Waals surface area contributed by atoms with Gasteiger partial charge in [-0.25, -0.2) is 13.2 Å². The largest absolute Gasteiger partial charge is 0.382 e. The number of aryl methyl sites for hydroxylation is 2. The van der Waals surface area contributed by atoms with Crippen molar-refractivity contribution in [3.63, 3.8) is 0 Å². The highest BCUT2D eigenvalue weighted by Crippen LogP contribution is 2.38. The second-order valence-electron chi connectivity index (χ2n) is 4.81.